The Morgan fingerprint density at radius 2 is 2.31 bits per heavy atom. The molecule has 0 bridgehead atoms. The molecule has 0 aromatic carbocycles. The molecule has 2 atom stereocenters. The third-order valence-corrected chi connectivity index (χ3v) is 3.32. The van der Waals surface area contributed by atoms with Crippen LogP contribution in [0.15, 0.2) is 22.8 Å². The summed E-state index contributed by atoms with van der Waals surface area (Å²) in [7, 11) is 0. The molecule has 86 valence electrons. The highest BCUT2D eigenvalue weighted by atomic mass is 16.3. The number of fused-ring (bicyclic) bond motifs is 1. The van der Waals surface area contributed by atoms with Crippen molar-refractivity contribution < 1.29 is 9.21 Å². The van der Waals surface area contributed by atoms with Gasteiger partial charge >= 0.3 is 0 Å². The molecular weight excluding hydrogens is 206 g/mol. The molecule has 5 heteroatoms. The van der Waals surface area contributed by atoms with E-state index in [2.05, 4.69) is 15.5 Å². The monoisotopic (exact) mass is 221 g/mol. The molecule has 2 fully saturated rings. The second-order valence-corrected chi connectivity index (χ2v) is 4.32. The number of amides is 1. The van der Waals surface area contributed by atoms with Crippen LogP contribution in [-0.2, 0) is 4.79 Å². The smallest absolute Gasteiger partial charge is 0.234 e. The topological polar surface area (TPSA) is 57.5 Å². The van der Waals surface area contributed by atoms with Gasteiger partial charge in [0.15, 0.2) is 0 Å². The molecule has 2 saturated heterocycles. The Morgan fingerprint density at radius 3 is 3.12 bits per heavy atom. The van der Waals surface area contributed by atoms with E-state index in [0.717, 1.165) is 25.4 Å². The predicted molar refractivity (Wildman–Crippen MR) is 57.8 cm³/mol. The lowest BCUT2D eigenvalue weighted by Gasteiger charge is -2.43. The predicted octanol–water partition coefficient (Wildman–Crippen LogP) is -0.276. The second kappa shape index (κ2) is 3.92. The van der Waals surface area contributed by atoms with Gasteiger partial charge in [-0.1, -0.05) is 0 Å². The van der Waals surface area contributed by atoms with Gasteiger partial charge in [0.2, 0.25) is 5.91 Å². The Bertz CT molecular complexity index is 377. The number of piperazine rings is 2. The molecule has 0 saturated carbocycles. The minimum Gasteiger partial charge on any atom is -0.468 e. The number of nitrogens with one attached hydrogen (secondary N) is 2. The molecule has 1 aromatic heterocycles. The van der Waals surface area contributed by atoms with Gasteiger partial charge in [0.1, 0.15) is 5.76 Å². The first-order valence-corrected chi connectivity index (χ1v) is 5.61. The van der Waals surface area contributed by atoms with E-state index in [9.17, 15) is 4.79 Å². The van der Waals surface area contributed by atoms with Crippen LogP contribution in [0.2, 0.25) is 0 Å². The Morgan fingerprint density at radius 1 is 1.38 bits per heavy atom. The van der Waals surface area contributed by atoms with Crippen LogP contribution < -0.4 is 10.6 Å². The lowest BCUT2D eigenvalue weighted by atomic mass is 10.0. The minimum atomic E-state index is 0.106. The fourth-order valence-electron chi connectivity index (χ4n) is 2.50. The highest BCUT2D eigenvalue weighted by Crippen LogP contribution is 2.26. The molecule has 2 N–H and O–H groups in total. The number of furan rings is 1. The molecular formula is C11H15N3O2. The van der Waals surface area contributed by atoms with E-state index in [0.29, 0.717) is 12.6 Å². The summed E-state index contributed by atoms with van der Waals surface area (Å²) >= 11 is 0. The van der Waals surface area contributed by atoms with Gasteiger partial charge in [0.25, 0.3) is 0 Å². The Balaban J connectivity index is 1.84. The van der Waals surface area contributed by atoms with Crippen molar-refractivity contribution in [2.45, 2.75) is 12.1 Å². The van der Waals surface area contributed by atoms with Crippen molar-refractivity contribution in [3.63, 3.8) is 0 Å². The van der Waals surface area contributed by atoms with Crippen molar-refractivity contribution in [1.29, 1.82) is 0 Å². The zero-order valence-corrected chi connectivity index (χ0v) is 8.98. The number of hydrogen-bond donors (Lipinski definition) is 2. The Labute approximate surface area is 93.8 Å². The summed E-state index contributed by atoms with van der Waals surface area (Å²) in [6.07, 6.45) is 1.68. The first-order valence-electron chi connectivity index (χ1n) is 5.61. The van der Waals surface area contributed by atoms with Crippen molar-refractivity contribution in [3.8, 4) is 0 Å². The zero-order chi connectivity index (χ0) is 11.0. The average Bonchev–Trinajstić information content (AvgIpc) is 2.81. The third-order valence-electron chi connectivity index (χ3n) is 3.32. The molecule has 0 radical (unpaired) electrons. The fraction of sp³-hybridized carbons (Fsp3) is 0.545. The van der Waals surface area contributed by atoms with Crippen molar-refractivity contribution in [1.82, 2.24) is 15.5 Å². The standard InChI is InChI=1S/C11H15N3O2/c15-11-7-14-8(5-13-11)4-12-6-9(14)10-2-1-3-16-10/h1-3,8-9,12H,4-7H2,(H,13,15). The van der Waals surface area contributed by atoms with E-state index in [-0.39, 0.29) is 11.9 Å². The molecule has 16 heavy (non-hydrogen) atoms. The molecule has 5 nitrogen and oxygen atoms in total. The first kappa shape index (κ1) is 9.86. The van der Waals surface area contributed by atoms with Crippen molar-refractivity contribution in [2.24, 2.45) is 0 Å². The van der Waals surface area contributed by atoms with Crippen LogP contribution in [-0.4, -0.2) is 43.0 Å². The molecule has 2 aliphatic heterocycles. The second-order valence-electron chi connectivity index (χ2n) is 4.32. The summed E-state index contributed by atoms with van der Waals surface area (Å²) < 4.78 is 5.44. The quantitative estimate of drug-likeness (QED) is 0.685. The molecule has 1 aromatic rings. The fourth-order valence-corrected chi connectivity index (χ4v) is 2.50. The van der Waals surface area contributed by atoms with E-state index in [1.165, 1.54) is 0 Å². The normalized spacial score (nSPS) is 30.9. The number of carbonyl (C=O) groups excluding carboxylic acids is 1. The minimum absolute atomic E-state index is 0.106. The summed E-state index contributed by atoms with van der Waals surface area (Å²) in [6.45, 7) is 2.97. The van der Waals surface area contributed by atoms with E-state index in [1.807, 2.05) is 12.1 Å². The van der Waals surface area contributed by atoms with Gasteiger partial charge < -0.3 is 15.1 Å². The van der Waals surface area contributed by atoms with E-state index < -0.39 is 0 Å². The number of nitrogens with zero attached hydrogens (tertiary/aromatic N) is 1. The van der Waals surface area contributed by atoms with E-state index >= 15 is 0 Å². The molecule has 3 heterocycles. The average molecular weight is 221 g/mol. The lowest BCUT2D eigenvalue weighted by molar-refractivity contribution is -0.127. The van der Waals surface area contributed by atoms with E-state index in [1.54, 1.807) is 6.26 Å². The number of hydrogen-bond acceptors (Lipinski definition) is 4. The Hall–Kier alpha value is -1.33. The maximum Gasteiger partial charge on any atom is 0.234 e. The van der Waals surface area contributed by atoms with Crippen LogP contribution >= 0.6 is 0 Å². The van der Waals surface area contributed by atoms with Gasteiger partial charge in [-0.25, -0.2) is 0 Å². The first-order chi connectivity index (χ1) is 7.84. The number of carbonyl (C=O) groups is 1. The molecule has 0 spiro atoms. The zero-order valence-electron chi connectivity index (χ0n) is 8.98. The van der Waals surface area contributed by atoms with Gasteiger partial charge in [-0.15, -0.1) is 0 Å². The summed E-state index contributed by atoms with van der Waals surface area (Å²) in [5.41, 5.74) is 0. The molecule has 0 aliphatic carbocycles. The van der Waals surface area contributed by atoms with Crippen LogP contribution in [0, 0.1) is 0 Å². The molecule has 2 unspecified atom stereocenters. The molecule has 3 rings (SSSR count). The van der Waals surface area contributed by atoms with Gasteiger partial charge in [0.05, 0.1) is 18.8 Å². The van der Waals surface area contributed by atoms with E-state index in [4.69, 9.17) is 4.42 Å². The van der Waals surface area contributed by atoms with Crippen LogP contribution in [0.5, 0.6) is 0 Å². The summed E-state index contributed by atoms with van der Waals surface area (Å²) in [6, 6.07) is 4.42. The SMILES string of the molecule is O=C1CN2C(CNCC2c2ccco2)CN1. The van der Waals surface area contributed by atoms with Gasteiger partial charge in [0, 0.05) is 25.7 Å². The summed E-state index contributed by atoms with van der Waals surface area (Å²) in [5, 5.41) is 6.28. The van der Waals surface area contributed by atoms with Crippen molar-refractivity contribution >= 4 is 5.91 Å². The van der Waals surface area contributed by atoms with Crippen molar-refractivity contribution in [3.05, 3.63) is 24.2 Å². The van der Waals surface area contributed by atoms with Crippen LogP contribution in [0.4, 0.5) is 0 Å². The third kappa shape index (κ3) is 1.62. The molecule has 2 aliphatic rings. The highest BCUT2D eigenvalue weighted by molar-refractivity contribution is 5.79. The van der Waals surface area contributed by atoms with Crippen LogP contribution in [0.3, 0.4) is 0 Å². The lowest BCUT2D eigenvalue weighted by Crippen LogP contribution is -2.62. The summed E-state index contributed by atoms with van der Waals surface area (Å²) in [4.78, 5) is 13.7. The van der Waals surface area contributed by atoms with Crippen LogP contribution in [0.25, 0.3) is 0 Å². The maximum atomic E-state index is 11.4. The Kier molecular flexibility index (Phi) is 2.41. The van der Waals surface area contributed by atoms with Crippen molar-refractivity contribution in [2.75, 3.05) is 26.2 Å². The number of rotatable bonds is 1. The van der Waals surface area contributed by atoms with Crippen LogP contribution in [0.1, 0.15) is 11.8 Å². The summed E-state index contributed by atoms with van der Waals surface area (Å²) in [5.74, 6) is 1.04. The van der Waals surface area contributed by atoms with Gasteiger partial charge in [-0.2, -0.15) is 0 Å². The largest absolute Gasteiger partial charge is 0.468 e. The van der Waals surface area contributed by atoms with Gasteiger partial charge in [-0.3, -0.25) is 9.69 Å². The highest BCUT2D eigenvalue weighted by Gasteiger charge is 2.36. The van der Waals surface area contributed by atoms with Gasteiger partial charge in [-0.05, 0) is 12.1 Å². The maximum absolute atomic E-state index is 11.4. The molecule has 1 amide bonds.